The van der Waals surface area contributed by atoms with Crippen molar-refractivity contribution < 1.29 is 14.7 Å². The molecule has 0 bridgehead atoms. The molecule has 0 spiro atoms. The van der Waals surface area contributed by atoms with Gasteiger partial charge in [-0.3, -0.25) is 4.79 Å². The van der Waals surface area contributed by atoms with E-state index in [0.29, 0.717) is 23.0 Å². The first-order valence-electron chi connectivity index (χ1n) is 12.1. The van der Waals surface area contributed by atoms with Gasteiger partial charge in [-0.1, -0.05) is 24.1 Å². The highest BCUT2D eigenvalue weighted by Gasteiger charge is 2.25. The van der Waals surface area contributed by atoms with Gasteiger partial charge in [0.05, 0.1) is 11.9 Å². The predicted octanol–water partition coefficient (Wildman–Crippen LogP) is 4.43. The molecule has 3 heterocycles. The summed E-state index contributed by atoms with van der Waals surface area (Å²) in [5.74, 6) is -0.134. The Hall–Kier alpha value is -2.93. The molecule has 2 aliphatic rings. The second-order valence-electron chi connectivity index (χ2n) is 9.35. The van der Waals surface area contributed by atoms with Crippen LogP contribution in [0.1, 0.15) is 64.8 Å². The molecule has 0 radical (unpaired) electrons. The first-order chi connectivity index (χ1) is 16.0. The Morgan fingerprint density at radius 1 is 1.09 bits per heavy atom. The molecule has 4 rings (SSSR count). The van der Waals surface area contributed by atoms with E-state index in [9.17, 15) is 14.7 Å². The van der Waals surface area contributed by atoms with Crippen LogP contribution in [0.15, 0.2) is 36.5 Å². The Kier molecular flexibility index (Phi) is 7.60. The van der Waals surface area contributed by atoms with Gasteiger partial charge in [0.2, 0.25) is 0 Å². The molecule has 1 amide bonds. The molecule has 2 saturated heterocycles. The number of carbonyl (C=O) groups excluding carboxylic acids is 1. The van der Waals surface area contributed by atoms with E-state index in [1.807, 2.05) is 19.1 Å². The smallest absolute Gasteiger partial charge is 0.339 e. The number of carbonyl (C=O) groups is 2. The number of aromatic nitrogens is 1. The number of aryl methyl sites for hydroxylation is 1. The van der Waals surface area contributed by atoms with E-state index in [2.05, 4.69) is 20.1 Å². The molecule has 2 aromatic rings. The maximum absolute atomic E-state index is 12.5. The summed E-state index contributed by atoms with van der Waals surface area (Å²) >= 11 is 0. The van der Waals surface area contributed by atoms with E-state index < -0.39 is 5.97 Å². The third-order valence-corrected chi connectivity index (χ3v) is 6.85. The maximum atomic E-state index is 12.5. The van der Waals surface area contributed by atoms with Crippen molar-refractivity contribution >= 4 is 23.4 Å². The number of rotatable bonds is 7. The molecule has 2 aliphatic heterocycles. The molecule has 176 valence electrons. The molecule has 7 nitrogen and oxygen atoms in total. The highest BCUT2D eigenvalue weighted by Crippen LogP contribution is 2.28. The van der Waals surface area contributed by atoms with Crippen LogP contribution >= 0.6 is 0 Å². The van der Waals surface area contributed by atoms with Crippen molar-refractivity contribution in [3.05, 3.63) is 53.2 Å². The number of nitrogens with zero attached hydrogens (tertiary/aromatic N) is 3. The number of aromatic carboxylic acids is 1. The normalized spacial score (nSPS) is 17.7. The zero-order valence-corrected chi connectivity index (χ0v) is 19.4. The Bertz CT molecular complexity index is 979. The van der Waals surface area contributed by atoms with Crippen LogP contribution in [-0.2, 0) is 0 Å². The monoisotopic (exact) mass is 450 g/mol. The number of benzene rings is 1. The molecule has 7 heteroatoms. The fourth-order valence-corrected chi connectivity index (χ4v) is 4.91. The van der Waals surface area contributed by atoms with E-state index >= 15 is 0 Å². The number of piperidine rings is 2. The highest BCUT2D eigenvalue weighted by molar-refractivity contribution is 6.05. The van der Waals surface area contributed by atoms with Gasteiger partial charge in [0.1, 0.15) is 11.4 Å². The van der Waals surface area contributed by atoms with Gasteiger partial charge in [0.25, 0.3) is 5.91 Å². The average Bonchev–Trinajstić information content (AvgIpc) is 2.84. The molecular formula is C26H34N4O3. The second-order valence-corrected chi connectivity index (χ2v) is 9.35. The van der Waals surface area contributed by atoms with Crippen LogP contribution in [0.5, 0.6) is 0 Å². The summed E-state index contributed by atoms with van der Waals surface area (Å²) in [4.78, 5) is 33.6. The van der Waals surface area contributed by atoms with Gasteiger partial charge in [-0.2, -0.15) is 0 Å². The van der Waals surface area contributed by atoms with Crippen LogP contribution in [0.25, 0.3) is 0 Å². The molecule has 33 heavy (non-hydrogen) atoms. The van der Waals surface area contributed by atoms with Crippen LogP contribution in [-0.4, -0.2) is 59.6 Å². The Balaban J connectivity index is 1.36. The summed E-state index contributed by atoms with van der Waals surface area (Å²) in [6.45, 7) is 7.19. The lowest BCUT2D eigenvalue weighted by Crippen LogP contribution is -2.37. The molecule has 1 aromatic carbocycles. The van der Waals surface area contributed by atoms with E-state index in [-0.39, 0.29) is 11.5 Å². The number of hydrogen-bond acceptors (Lipinski definition) is 5. The highest BCUT2D eigenvalue weighted by atomic mass is 16.4. The van der Waals surface area contributed by atoms with Gasteiger partial charge in [0, 0.05) is 18.7 Å². The molecule has 1 aromatic heterocycles. The maximum Gasteiger partial charge on any atom is 0.339 e. The lowest BCUT2D eigenvalue weighted by molar-refractivity contribution is 0.0696. The predicted molar refractivity (Wildman–Crippen MR) is 130 cm³/mol. The number of carboxylic acids is 1. The van der Waals surface area contributed by atoms with E-state index in [1.54, 1.807) is 18.3 Å². The lowest BCUT2D eigenvalue weighted by atomic mass is 9.93. The van der Waals surface area contributed by atoms with E-state index in [1.165, 1.54) is 51.4 Å². The minimum Gasteiger partial charge on any atom is -0.478 e. The van der Waals surface area contributed by atoms with Crippen molar-refractivity contribution in [3.8, 4) is 0 Å². The number of likely N-dealkylation sites (tertiary alicyclic amines) is 1. The lowest BCUT2D eigenvalue weighted by Gasteiger charge is -2.35. The Morgan fingerprint density at radius 3 is 2.55 bits per heavy atom. The van der Waals surface area contributed by atoms with Crippen molar-refractivity contribution in [3.63, 3.8) is 0 Å². The minimum absolute atomic E-state index is 0.129. The Labute approximate surface area is 195 Å². The third kappa shape index (κ3) is 6.11. The van der Waals surface area contributed by atoms with Crippen LogP contribution in [0.4, 0.5) is 11.5 Å². The quantitative estimate of drug-likeness (QED) is 0.649. The van der Waals surface area contributed by atoms with Crippen molar-refractivity contribution in [2.24, 2.45) is 5.92 Å². The topological polar surface area (TPSA) is 85.8 Å². The van der Waals surface area contributed by atoms with Gasteiger partial charge in [-0.25, -0.2) is 9.78 Å². The summed E-state index contributed by atoms with van der Waals surface area (Å²) in [5, 5.41) is 12.6. The number of pyridine rings is 1. The number of amides is 1. The van der Waals surface area contributed by atoms with Crippen molar-refractivity contribution in [1.29, 1.82) is 0 Å². The SMILES string of the molecule is Cc1cccc(C(=O)Nc2cnc(N3CCC(CCN4CCCCC4)CC3)c(C(=O)O)c2)c1. The minimum atomic E-state index is -1.03. The van der Waals surface area contributed by atoms with Crippen LogP contribution in [0.2, 0.25) is 0 Å². The van der Waals surface area contributed by atoms with Crippen molar-refractivity contribution in [1.82, 2.24) is 9.88 Å². The fraction of sp³-hybridized carbons (Fsp3) is 0.500. The van der Waals surface area contributed by atoms with Gasteiger partial charge < -0.3 is 20.2 Å². The largest absolute Gasteiger partial charge is 0.478 e. The van der Waals surface area contributed by atoms with Gasteiger partial charge in [-0.05, 0) is 82.8 Å². The molecule has 0 atom stereocenters. The van der Waals surface area contributed by atoms with Crippen molar-refractivity contribution in [2.75, 3.05) is 42.9 Å². The molecule has 2 N–H and O–H groups in total. The molecule has 0 aliphatic carbocycles. The van der Waals surface area contributed by atoms with Gasteiger partial charge in [-0.15, -0.1) is 0 Å². The van der Waals surface area contributed by atoms with Gasteiger partial charge in [0.15, 0.2) is 0 Å². The van der Waals surface area contributed by atoms with Crippen LogP contribution < -0.4 is 10.2 Å². The molecular weight excluding hydrogens is 416 g/mol. The summed E-state index contributed by atoms with van der Waals surface area (Å²) in [6, 6.07) is 8.79. The summed E-state index contributed by atoms with van der Waals surface area (Å²) < 4.78 is 0. The van der Waals surface area contributed by atoms with E-state index in [0.717, 1.165) is 31.5 Å². The number of nitrogens with one attached hydrogen (secondary N) is 1. The van der Waals surface area contributed by atoms with Crippen molar-refractivity contribution in [2.45, 2.75) is 45.4 Å². The Morgan fingerprint density at radius 2 is 1.85 bits per heavy atom. The first-order valence-corrected chi connectivity index (χ1v) is 12.1. The summed E-state index contributed by atoms with van der Waals surface area (Å²) in [6.07, 6.45) is 8.89. The van der Waals surface area contributed by atoms with Crippen LogP contribution in [0, 0.1) is 12.8 Å². The first kappa shape index (κ1) is 23.2. The zero-order chi connectivity index (χ0) is 23.2. The average molecular weight is 451 g/mol. The second kappa shape index (κ2) is 10.8. The van der Waals surface area contributed by atoms with E-state index in [4.69, 9.17) is 0 Å². The summed E-state index contributed by atoms with van der Waals surface area (Å²) in [7, 11) is 0. The number of carboxylic acid groups (broad SMARTS) is 1. The molecule has 0 unspecified atom stereocenters. The number of anilines is 2. The molecule has 0 saturated carbocycles. The summed E-state index contributed by atoms with van der Waals surface area (Å²) in [5.41, 5.74) is 2.03. The molecule has 2 fully saturated rings. The third-order valence-electron chi connectivity index (χ3n) is 6.85. The van der Waals surface area contributed by atoms with Crippen LogP contribution in [0.3, 0.4) is 0 Å². The van der Waals surface area contributed by atoms with Gasteiger partial charge >= 0.3 is 5.97 Å². The standard InChI is InChI=1S/C26H34N4O3/c1-19-6-5-7-21(16-19)25(31)28-22-17-23(26(32)33)24(27-18-22)30-14-9-20(10-15-30)8-13-29-11-3-2-4-12-29/h5-7,16-18,20H,2-4,8-15H2,1H3,(H,28,31)(H,32,33). The zero-order valence-electron chi connectivity index (χ0n) is 19.4. The number of hydrogen-bond donors (Lipinski definition) is 2. The fourth-order valence-electron chi connectivity index (χ4n) is 4.91.